The molecule has 0 bridgehead atoms. The number of carbonyl (C=O) groups excluding carboxylic acids is 2. The van der Waals surface area contributed by atoms with Crippen molar-refractivity contribution in [1.29, 1.82) is 0 Å². The minimum absolute atomic E-state index is 0.00218. The third-order valence-electron chi connectivity index (χ3n) is 4.55. The number of amides is 3. The van der Waals surface area contributed by atoms with Crippen molar-refractivity contribution >= 4 is 11.9 Å². The fourth-order valence-corrected chi connectivity index (χ4v) is 2.79. The molecule has 0 radical (unpaired) electrons. The van der Waals surface area contributed by atoms with Gasteiger partial charge in [0.1, 0.15) is 0 Å². The maximum absolute atomic E-state index is 12.2. The molecule has 0 aliphatic heterocycles. The van der Waals surface area contributed by atoms with Crippen molar-refractivity contribution in [1.82, 2.24) is 15.5 Å². The van der Waals surface area contributed by atoms with Gasteiger partial charge in [-0.1, -0.05) is 61.5 Å². The summed E-state index contributed by atoms with van der Waals surface area (Å²) in [6, 6.07) is 17.7. The molecule has 1 atom stereocenters. The van der Waals surface area contributed by atoms with Gasteiger partial charge < -0.3 is 15.5 Å². The molecule has 2 rings (SSSR count). The molecule has 5 heteroatoms. The second kappa shape index (κ2) is 10.4. The predicted octanol–water partition coefficient (Wildman–Crippen LogP) is 3.66. The number of rotatable bonds is 8. The number of nitrogens with zero attached hydrogens (tertiary/aromatic N) is 1. The van der Waals surface area contributed by atoms with E-state index in [1.54, 1.807) is 11.9 Å². The molecule has 0 spiro atoms. The van der Waals surface area contributed by atoms with E-state index < -0.39 is 0 Å². The van der Waals surface area contributed by atoms with Crippen LogP contribution in [0.4, 0.5) is 4.79 Å². The molecule has 1 unspecified atom stereocenters. The van der Waals surface area contributed by atoms with E-state index in [0.717, 1.165) is 17.5 Å². The molecule has 27 heavy (non-hydrogen) atoms. The van der Waals surface area contributed by atoms with Crippen LogP contribution < -0.4 is 10.6 Å². The van der Waals surface area contributed by atoms with E-state index in [1.165, 1.54) is 5.56 Å². The number of hydrogen-bond donors (Lipinski definition) is 2. The van der Waals surface area contributed by atoms with Gasteiger partial charge in [-0.2, -0.15) is 0 Å². The molecule has 2 aromatic rings. The number of aryl methyl sites for hydroxylation is 1. The quantitative estimate of drug-likeness (QED) is 0.748. The van der Waals surface area contributed by atoms with Gasteiger partial charge in [0.05, 0.1) is 6.04 Å². The highest BCUT2D eigenvalue weighted by molar-refractivity contribution is 5.78. The van der Waals surface area contributed by atoms with Crippen molar-refractivity contribution in [3.05, 3.63) is 71.3 Å². The highest BCUT2D eigenvalue weighted by atomic mass is 16.2. The average Bonchev–Trinajstić information content (AvgIpc) is 2.68. The zero-order valence-corrected chi connectivity index (χ0v) is 16.4. The fourth-order valence-electron chi connectivity index (χ4n) is 2.79. The summed E-state index contributed by atoms with van der Waals surface area (Å²) in [5.74, 6) is 0.00218. The van der Waals surface area contributed by atoms with Crippen LogP contribution in [0.25, 0.3) is 0 Å². The molecule has 0 saturated carbocycles. The van der Waals surface area contributed by atoms with Crippen LogP contribution in [-0.4, -0.2) is 30.4 Å². The van der Waals surface area contributed by atoms with Crippen molar-refractivity contribution in [3.8, 4) is 0 Å². The smallest absolute Gasteiger partial charge is 0.315 e. The van der Waals surface area contributed by atoms with Gasteiger partial charge in [-0.05, 0) is 30.0 Å². The average molecular weight is 367 g/mol. The highest BCUT2D eigenvalue weighted by Gasteiger charge is 2.12. The van der Waals surface area contributed by atoms with E-state index in [0.29, 0.717) is 13.1 Å². The van der Waals surface area contributed by atoms with Gasteiger partial charge in [0.2, 0.25) is 5.91 Å². The first-order valence-corrected chi connectivity index (χ1v) is 9.40. The van der Waals surface area contributed by atoms with Crippen LogP contribution in [0.1, 0.15) is 43.0 Å². The van der Waals surface area contributed by atoms with E-state index in [2.05, 4.69) is 29.7 Å². The van der Waals surface area contributed by atoms with Gasteiger partial charge >= 0.3 is 6.03 Å². The molecule has 0 heterocycles. The molecule has 0 saturated heterocycles. The first-order chi connectivity index (χ1) is 13.0. The van der Waals surface area contributed by atoms with Crippen LogP contribution >= 0.6 is 0 Å². The van der Waals surface area contributed by atoms with Crippen molar-refractivity contribution < 1.29 is 9.59 Å². The molecule has 3 amide bonds. The maximum atomic E-state index is 12.2. The Hall–Kier alpha value is -2.82. The van der Waals surface area contributed by atoms with Gasteiger partial charge in [0.15, 0.2) is 0 Å². The summed E-state index contributed by atoms with van der Waals surface area (Å²) < 4.78 is 0. The largest absolute Gasteiger partial charge is 0.341 e. The zero-order chi connectivity index (χ0) is 19.6. The Balaban J connectivity index is 1.70. The molecule has 0 aromatic heterocycles. The monoisotopic (exact) mass is 367 g/mol. The summed E-state index contributed by atoms with van der Waals surface area (Å²) in [7, 11) is 1.78. The second-order valence-electron chi connectivity index (χ2n) is 6.70. The number of hydrogen-bond acceptors (Lipinski definition) is 2. The third-order valence-corrected chi connectivity index (χ3v) is 4.55. The molecular weight excluding hydrogens is 338 g/mol. The van der Waals surface area contributed by atoms with Gasteiger partial charge in [-0.25, -0.2) is 4.79 Å². The normalized spacial score (nSPS) is 11.5. The molecule has 0 aliphatic carbocycles. The Morgan fingerprint density at radius 3 is 2.30 bits per heavy atom. The highest BCUT2D eigenvalue weighted by Crippen LogP contribution is 2.13. The van der Waals surface area contributed by atoms with Crippen molar-refractivity contribution in [3.63, 3.8) is 0 Å². The van der Waals surface area contributed by atoms with Crippen LogP contribution in [0.3, 0.4) is 0 Å². The number of carbonyl (C=O) groups is 2. The van der Waals surface area contributed by atoms with Gasteiger partial charge in [-0.15, -0.1) is 0 Å². The Bertz CT molecular complexity index is 729. The van der Waals surface area contributed by atoms with Crippen LogP contribution in [0.5, 0.6) is 0 Å². The number of nitrogens with one attached hydrogen (secondary N) is 2. The second-order valence-corrected chi connectivity index (χ2v) is 6.70. The molecule has 2 N–H and O–H groups in total. The molecule has 2 aromatic carbocycles. The number of benzene rings is 2. The Morgan fingerprint density at radius 2 is 1.67 bits per heavy atom. The van der Waals surface area contributed by atoms with Gasteiger partial charge in [0, 0.05) is 26.6 Å². The minimum atomic E-state index is -0.263. The van der Waals surface area contributed by atoms with Gasteiger partial charge in [-0.3, -0.25) is 4.79 Å². The summed E-state index contributed by atoms with van der Waals surface area (Å²) in [5.41, 5.74) is 3.41. The predicted molar refractivity (Wildman–Crippen MR) is 108 cm³/mol. The summed E-state index contributed by atoms with van der Waals surface area (Å²) in [4.78, 5) is 25.9. The molecule has 0 aliphatic rings. The van der Waals surface area contributed by atoms with Crippen LogP contribution in [-0.2, 0) is 17.8 Å². The van der Waals surface area contributed by atoms with Crippen LogP contribution in [0, 0.1) is 0 Å². The van der Waals surface area contributed by atoms with Crippen molar-refractivity contribution in [2.24, 2.45) is 0 Å². The summed E-state index contributed by atoms with van der Waals surface area (Å²) in [6.45, 7) is 4.93. The minimum Gasteiger partial charge on any atom is -0.341 e. The third kappa shape index (κ3) is 6.77. The standard InChI is InChI=1S/C22H29N3O2/c1-4-18-10-12-20(13-11-18)17(2)24-22(27)23-15-14-21(26)25(3)16-19-8-6-5-7-9-19/h5-13,17H,4,14-16H2,1-3H3,(H2,23,24,27). The van der Waals surface area contributed by atoms with E-state index >= 15 is 0 Å². The first kappa shape index (κ1) is 20.5. The summed E-state index contributed by atoms with van der Waals surface area (Å²) in [5, 5.41) is 5.66. The Labute approximate surface area is 161 Å². The fraction of sp³-hybridized carbons (Fsp3) is 0.364. The Morgan fingerprint density at radius 1 is 1.00 bits per heavy atom. The molecule has 144 valence electrons. The summed E-state index contributed by atoms with van der Waals surface area (Å²) in [6.07, 6.45) is 1.27. The SMILES string of the molecule is CCc1ccc(C(C)NC(=O)NCCC(=O)N(C)Cc2ccccc2)cc1. The van der Waals surface area contributed by atoms with E-state index in [9.17, 15) is 9.59 Å². The van der Waals surface area contributed by atoms with Crippen LogP contribution in [0.2, 0.25) is 0 Å². The molecular formula is C22H29N3O2. The summed E-state index contributed by atoms with van der Waals surface area (Å²) >= 11 is 0. The number of urea groups is 1. The first-order valence-electron chi connectivity index (χ1n) is 9.40. The zero-order valence-electron chi connectivity index (χ0n) is 16.4. The van der Waals surface area contributed by atoms with Crippen molar-refractivity contribution in [2.75, 3.05) is 13.6 Å². The van der Waals surface area contributed by atoms with E-state index in [4.69, 9.17) is 0 Å². The lowest BCUT2D eigenvalue weighted by molar-refractivity contribution is -0.130. The van der Waals surface area contributed by atoms with Crippen molar-refractivity contribution in [2.45, 2.75) is 39.3 Å². The van der Waals surface area contributed by atoms with E-state index in [-0.39, 0.29) is 24.4 Å². The maximum Gasteiger partial charge on any atom is 0.315 e. The lowest BCUT2D eigenvalue weighted by atomic mass is 10.1. The van der Waals surface area contributed by atoms with Crippen LogP contribution in [0.15, 0.2) is 54.6 Å². The molecule has 0 fully saturated rings. The lowest BCUT2D eigenvalue weighted by Gasteiger charge is -2.18. The van der Waals surface area contributed by atoms with Gasteiger partial charge in [0.25, 0.3) is 0 Å². The molecule has 5 nitrogen and oxygen atoms in total. The lowest BCUT2D eigenvalue weighted by Crippen LogP contribution is -2.39. The van der Waals surface area contributed by atoms with E-state index in [1.807, 2.05) is 49.4 Å². The Kier molecular flexibility index (Phi) is 7.86. The topological polar surface area (TPSA) is 61.4 Å².